The topological polar surface area (TPSA) is 112 Å². The molecule has 0 bridgehead atoms. The molecule has 38 heavy (non-hydrogen) atoms. The van der Waals surface area contributed by atoms with Crippen molar-refractivity contribution < 1.29 is 36.9 Å². The minimum atomic E-state index is -4.28. The summed E-state index contributed by atoms with van der Waals surface area (Å²) in [7, 11) is 0. The molecule has 0 amide bonds. The molecular formula is C24H35F5N6O3. The van der Waals surface area contributed by atoms with Crippen LogP contribution in [0.15, 0.2) is 18.5 Å². The lowest BCUT2D eigenvalue weighted by molar-refractivity contribution is -0.151. The Labute approximate surface area is 217 Å². The van der Waals surface area contributed by atoms with E-state index >= 15 is 0 Å². The Bertz CT molecular complexity index is 1090. The SMILES string of the molecule is CC(C)(O)O.Nc1ncnn2c([C@H]3CC[C@@H](CN4CC(F)(F)CC45CCN(CC(F)(F)F)CC5)O3)ccc12. The molecule has 214 valence electrons. The number of nitrogens with two attached hydrogens (primary N) is 1. The first-order valence-electron chi connectivity index (χ1n) is 12.6. The zero-order valence-electron chi connectivity index (χ0n) is 21.5. The zero-order chi connectivity index (χ0) is 27.9. The molecule has 5 rings (SSSR count). The molecule has 0 saturated carbocycles. The highest BCUT2D eigenvalue weighted by Crippen LogP contribution is 2.46. The first kappa shape index (κ1) is 28.9. The summed E-state index contributed by atoms with van der Waals surface area (Å²) in [6.45, 7) is 1.89. The Kier molecular flexibility index (Phi) is 7.94. The summed E-state index contributed by atoms with van der Waals surface area (Å²) in [5, 5.41) is 20.4. The lowest BCUT2D eigenvalue weighted by atomic mass is 9.84. The summed E-state index contributed by atoms with van der Waals surface area (Å²) in [5.41, 5.74) is 6.64. The number of anilines is 1. The minimum absolute atomic E-state index is 0.164. The average molecular weight is 551 g/mol. The maximum Gasteiger partial charge on any atom is 0.401 e. The molecule has 3 fully saturated rings. The Morgan fingerprint density at radius 1 is 1.13 bits per heavy atom. The third kappa shape index (κ3) is 7.08. The predicted octanol–water partition coefficient (Wildman–Crippen LogP) is 2.98. The molecule has 2 aromatic heterocycles. The van der Waals surface area contributed by atoms with Crippen molar-refractivity contribution in [3.8, 4) is 0 Å². The van der Waals surface area contributed by atoms with Crippen LogP contribution in [0.2, 0.25) is 0 Å². The molecule has 4 N–H and O–H groups in total. The number of nitrogens with zero attached hydrogens (tertiary/aromatic N) is 5. The molecule has 0 radical (unpaired) electrons. The fraction of sp³-hybridized carbons (Fsp3) is 0.750. The van der Waals surface area contributed by atoms with Gasteiger partial charge in [0.25, 0.3) is 5.92 Å². The second kappa shape index (κ2) is 10.5. The Balaban J connectivity index is 0.000000617. The molecule has 3 saturated heterocycles. The smallest absolute Gasteiger partial charge is 0.382 e. The number of ether oxygens (including phenoxy) is 1. The second-order valence-electron chi connectivity index (χ2n) is 11.0. The van der Waals surface area contributed by atoms with E-state index in [4.69, 9.17) is 20.7 Å². The van der Waals surface area contributed by atoms with E-state index in [1.165, 1.54) is 25.1 Å². The lowest BCUT2D eigenvalue weighted by Crippen LogP contribution is -2.54. The van der Waals surface area contributed by atoms with Gasteiger partial charge in [0.2, 0.25) is 0 Å². The van der Waals surface area contributed by atoms with Gasteiger partial charge in [0, 0.05) is 31.6 Å². The van der Waals surface area contributed by atoms with Gasteiger partial charge in [-0.05, 0) is 51.7 Å². The molecule has 0 aliphatic carbocycles. The lowest BCUT2D eigenvalue weighted by Gasteiger charge is -2.45. The van der Waals surface area contributed by atoms with Gasteiger partial charge in [-0.25, -0.2) is 18.3 Å². The van der Waals surface area contributed by atoms with E-state index in [9.17, 15) is 22.0 Å². The molecule has 3 aliphatic rings. The number of piperidine rings is 1. The number of nitrogen functional groups attached to an aromatic ring is 1. The van der Waals surface area contributed by atoms with Gasteiger partial charge < -0.3 is 20.7 Å². The average Bonchev–Trinajstić information content (AvgIpc) is 3.45. The van der Waals surface area contributed by atoms with Crippen LogP contribution in [0.25, 0.3) is 5.52 Å². The second-order valence-corrected chi connectivity index (χ2v) is 11.0. The van der Waals surface area contributed by atoms with Crippen molar-refractivity contribution in [1.29, 1.82) is 0 Å². The molecule has 0 unspecified atom stereocenters. The maximum atomic E-state index is 14.5. The Morgan fingerprint density at radius 2 is 1.79 bits per heavy atom. The number of aliphatic hydroxyl groups is 2. The van der Waals surface area contributed by atoms with Crippen LogP contribution in [-0.2, 0) is 4.74 Å². The van der Waals surface area contributed by atoms with Crippen LogP contribution in [0.4, 0.5) is 27.8 Å². The van der Waals surface area contributed by atoms with Crippen LogP contribution >= 0.6 is 0 Å². The van der Waals surface area contributed by atoms with E-state index in [2.05, 4.69) is 10.1 Å². The predicted molar refractivity (Wildman–Crippen MR) is 128 cm³/mol. The number of halogens is 5. The van der Waals surface area contributed by atoms with Gasteiger partial charge in [0.15, 0.2) is 11.6 Å². The highest BCUT2D eigenvalue weighted by molar-refractivity contribution is 5.65. The largest absolute Gasteiger partial charge is 0.401 e. The number of fused-ring (bicyclic) bond motifs is 1. The fourth-order valence-electron chi connectivity index (χ4n) is 5.75. The van der Waals surface area contributed by atoms with Crippen molar-refractivity contribution in [2.24, 2.45) is 0 Å². The minimum Gasteiger partial charge on any atom is -0.382 e. The number of aromatic nitrogens is 3. The monoisotopic (exact) mass is 550 g/mol. The molecule has 1 spiro atoms. The van der Waals surface area contributed by atoms with E-state index in [0.717, 1.165) is 12.1 Å². The fourth-order valence-corrected chi connectivity index (χ4v) is 5.75. The Hall–Kier alpha value is -2.13. The van der Waals surface area contributed by atoms with E-state index in [1.807, 2.05) is 12.1 Å². The van der Waals surface area contributed by atoms with Crippen LogP contribution in [0.3, 0.4) is 0 Å². The number of hydrogen-bond acceptors (Lipinski definition) is 8. The third-order valence-corrected chi connectivity index (χ3v) is 7.24. The molecule has 2 aromatic rings. The summed E-state index contributed by atoms with van der Waals surface area (Å²) >= 11 is 0. The highest BCUT2D eigenvalue weighted by Gasteiger charge is 2.56. The normalized spacial score (nSPS) is 26.1. The van der Waals surface area contributed by atoms with Crippen LogP contribution < -0.4 is 5.73 Å². The molecule has 9 nitrogen and oxygen atoms in total. The van der Waals surface area contributed by atoms with Crippen LogP contribution in [0.1, 0.15) is 57.7 Å². The highest BCUT2D eigenvalue weighted by atomic mass is 19.4. The number of alkyl halides is 5. The zero-order valence-corrected chi connectivity index (χ0v) is 21.5. The van der Waals surface area contributed by atoms with E-state index in [1.54, 1.807) is 9.42 Å². The van der Waals surface area contributed by atoms with Gasteiger partial charge in [0.05, 0.1) is 24.9 Å². The van der Waals surface area contributed by atoms with Gasteiger partial charge in [0.1, 0.15) is 17.9 Å². The van der Waals surface area contributed by atoms with Gasteiger partial charge in [-0.15, -0.1) is 0 Å². The summed E-state index contributed by atoms with van der Waals surface area (Å²) < 4.78 is 75.1. The number of hydrogen-bond donors (Lipinski definition) is 3. The van der Waals surface area contributed by atoms with Gasteiger partial charge >= 0.3 is 6.18 Å². The van der Waals surface area contributed by atoms with Crippen LogP contribution in [0, 0.1) is 0 Å². The first-order chi connectivity index (χ1) is 17.5. The third-order valence-electron chi connectivity index (χ3n) is 7.24. The summed E-state index contributed by atoms with van der Waals surface area (Å²) in [6.07, 6.45) is -1.67. The van der Waals surface area contributed by atoms with Crippen molar-refractivity contribution in [2.75, 3.05) is 38.5 Å². The molecule has 0 aromatic carbocycles. The van der Waals surface area contributed by atoms with Gasteiger partial charge in [-0.1, -0.05) is 0 Å². The molecule has 3 aliphatic heterocycles. The van der Waals surface area contributed by atoms with E-state index < -0.39 is 30.0 Å². The molecular weight excluding hydrogens is 515 g/mol. The molecule has 2 atom stereocenters. The number of rotatable bonds is 4. The quantitative estimate of drug-likeness (QED) is 0.394. The summed E-state index contributed by atoms with van der Waals surface area (Å²) in [6, 6.07) is 3.71. The summed E-state index contributed by atoms with van der Waals surface area (Å²) in [4.78, 5) is 7.07. The molecule has 5 heterocycles. The van der Waals surface area contributed by atoms with Crippen molar-refractivity contribution in [1.82, 2.24) is 24.4 Å². The Morgan fingerprint density at radius 3 is 2.42 bits per heavy atom. The molecule has 14 heteroatoms. The standard InChI is InChI=1S/C21H27F5N6O.C3H8O2/c22-20(23)10-19(5-7-30(8-6-19)12-21(24,25)26)31(11-20)9-14-1-4-17(33-14)15-2-3-16-18(27)28-13-29-32(15)16;1-3(2,4)5/h2-3,13-14,17H,1,4-12H2,(H2,27,28,29);4-5H,1-2H3/t14-,17+;/m0./s1. The van der Waals surface area contributed by atoms with Crippen molar-refractivity contribution in [3.63, 3.8) is 0 Å². The van der Waals surface area contributed by atoms with Crippen molar-refractivity contribution in [3.05, 3.63) is 24.2 Å². The van der Waals surface area contributed by atoms with Gasteiger partial charge in [-0.2, -0.15) is 18.3 Å². The van der Waals surface area contributed by atoms with E-state index in [-0.39, 0.29) is 38.3 Å². The van der Waals surface area contributed by atoms with E-state index in [0.29, 0.717) is 37.1 Å². The van der Waals surface area contributed by atoms with Crippen molar-refractivity contribution in [2.45, 2.75) is 81.6 Å². The van der Waals surface area contributed by atoms with Crippen molar-refractivity contribution >= 4 is 11.3 Å². The van der Waals surface area contributed by atoms with Gasteiger partial charge in [-0.3, -0.25) is 9.80 Å². The number of likely N-dealkylation sites (tertiary alicyclic amines) is 2. The maximum absolute atomic E-state index is 14.5. The summed E-state index contributed by atoms with van der Waals surface area (Å²) in [5.74, 6) is -3.99. The van der Waals surface area contributed by atoms with Crippen LogP contribution in [-0.4, -0.2) is 96.9 Å². The van der Waals surface area contributed by atoms with Crippen LogP contribution in [0.5, 0.6) is 0 Å². The first-order valence-corrected chi connectivity index (χ1v) is 12.6.